The predicted octanol–water partition coefficient (Wildman–Crippen LogP) is 6.87. The molecule has 0 N–H and O–H groups in total. The van der Waals surface area contributed by atoms with E-state index in [0.29, 0.717) is 55.2 Å². The summed E-state index contributed by atoms with van der Waals surface area (Å²) in [5.74, 6) is -2.20. The van der Waals surface area contributed by atoms with E-state index in [-0.39, 0.29) is 30.8 Å². The highest BCUT2D eigenvalue weighted by Crippen LogP contribution is 2.41. The van der Waals surface area contributed by atoms with Crippen molar-refractivity contribution < 1.29 is 38.2 Å². The largest absolute Gasteiger partial charge is 0.493 e. The van der Waals surface area contributed by atoms with Crippen LogP contribution in [0, 0.1) is 16.0 Å². The van der Waals surface area contributed by atoms with E-state index in [1.54, 1.807) is 19.1 Å². The molecule has 2 heterocycles. The average Bonchev–Trinajstić information content (AvgIpc) is 3.08. The van der Waals surface area contributed by atoms with Crippen molar-refractivity contribution in [2.24, 2.45) is 10.9 Å². The van der Waals surface area contributed by atoms with Gasteiger partial charge < -0.3 is 23.7 Å². The summed E-state index contributed by atoms with van der Waals surface area (Å²) >= 11 is 0. The Labute approximate surface area is 276 Å². The Morgan fingerprint density at radius 2 is 1.79 bits per heavy atom. The van der Waals surface area contributed by atoms with Crippen LogP contribution in [0.1, 0.15) is 82.8 Å². The highest BCUT2D eigenvalue weighted by molar-refractivity contribution is 6.07. The number of nitro benzene ring substituents is 1. The molecule has 4 rings (SSSR count). The van der Waals surface area contributed by atoms with Crippen molar-refractivity contribution in [3.63, 3.8) is 0 Å². The van der Waals surface area contributed by atoms with Crippen molar-refractivity contribution >= 4 is 23.3 Å². The van der Waals surface area contributed by atoms with E-state index in [1.165, 1.54) is 12.1 Å². The number of esters is 2. The van der Waals surface area contributed by atoms with E-state index < -0.39 is 28.7 Å². The molecule has 1 saturated heterocycles. The predicted molar refractivity (Wildman–Crippen MR) is 176 cm³/mol. The molecule has 0 saturated carbocycles. The molecule has 254 valence electrons. The first kappa shape index (κ1) is 35.8. The number of carbonyl (C=O) groups is 2. The van der Waals surface area contributed by atoms with Crippen LogP contribution in [0.3, 0.4) is 0 Å². The van der Waals surface area contributed by atoms with Gasteiger partial charge in [-0.2, -0.15) is 0 Å². The first-order chi connectivity index (χ1) is 22.8. The van der Waals surface area contributed by atoms with Gasteiger partial charge in [0, 0.05) is 42.5 Å². The van der Waals surface area contributed by atoms with Crippen LogP contribution >= 0.6 is 0 Å². The molecule has 3 unspecified atom stereocenters. The summed E-state index contributed by atoms with van der Waals surface area (Å²) in [6.07, 6.45) is 6.28. The molecular weight excluding hydrogens is 604 g/mol. The fraction of sp³-hybridized carbons (Fsp3) is 0.528. The van der Waals surface area contributed by atoms with Crippen LogP contribution < -0.4 is 4.74 Å². The standard InChI is InChI=1S/C36H46N2O9/c1-4-6-19-46-36(40)34-30(5-2)37-25(3)32(33(34)27-11-9-12-28(24-27)38(41)42)35(39)47-22-10-21-43-29-16-14-26(15-17-29)18-23-45-31-13-7-8-20-44-31/h9,11-12,14-17,24,31,33-34H,4-8,10,13,18-23H2,1-3H3. The normalized spacial score (nSPS) is 19.6. The number of aliphatic imine (C=N–C) groups is 1. The Bertz CT molecular complexity index is 1410. The Kier molecular flexibility index (Phi) is 13.9. The van der Waals surface area contributed by atoms with Crippen molar-refractivity contribution in [3.8, 4) is 5.75 Å². The molecular formula is C36H46N2O9. The minimum absolute atomic E-state index is 0.0753. The Morgan fingerprint density at radius 3 is 2.49 bits per heavy atom. The fourth-order valence-corrected chi connectivity index (χ4v) is 5.77. The quantitative estimate of drug-likeness (QED) is 0.0777. The van der Waals surface area contributed by atoms with Gasteiger partial charge in [0.1, 0.15) is 11.7 Å². The molecule has 0 aromatic heterocycles. The molecule has 2 aromatic rings. The molecule has 1 fully saturated rings. The van der Waals surface area contributed by atoms with Gasteiger partial charge in [-0.25, -0.2) is 4.79 Å². The zero-order chi connectivity index (χ0) is 33.6. The topological polar surface area (TPSA) is 136 Å². The molecule has 11 nitrogen and oxygen atoms in total. The van der Waals surface area contributed by atoms with E-state index in [9.17, 15) is 19.7 Å². The summed E-state index contributed by atoms with van der Waals surface area (Å²) in [5.41, 5.74) is 2.60. The second-order valence-corrected chi connectivity index (χ2v) is 11.7. The Morgan fingerprint density at radius 1 is 1.00 bits per heavy atom. The summed E-state index contributed by atoms with van der Waals surface area (Å²) in [4.78, 5) is 42.8. The highest BCUT2D eigenvalue weighted by atomic mass is 16.7. The lowest BCUT2D eigenvalue weighted by Crippen LogP contribution is -2.37. The number of hydrogen-bond acceptors (Lipinski definition) is 10. The van der Waals surface area contributed by atoms with Gasteiger partial charge in [-0.05, 0) is 68.7 Å². The van der Waals surface area contributed by atoms with Crippen molar-refractivity contribution in [3.05, 3.63) is 81.0 Å². The third-order valence-corrected chi connectivity index (χ3v) is 8.27. The second kappa shape index (κ2) is 18.3. The number of allylic oxidation sites excluding steroid dienone is 1. The minimum Gasteiger partial charge on any atom is -0.493 e. The monoisotopic (exact) mass is 650 g/mol. The molecule has 2 aromatic carbocycles. The van der Waals surface area contributed by atoms with Crippen LogP contribution in [-0.2, 0) is 35.0 Å². The highest BCUT2D eigenvalue weighted by Gasteiger charge is 2.43. The van der Waals surface area contributed by atoms with Crippen molar-refractivity contribution in [1.29, 1.82) is 0 Å². The van der Waals surface area contributed by atoms with Gasteiger partial charge in [0.05, 0.1) is 36.9 Å². The first-order valence-electron chi connectivity index (χ1n) is 16.6. The van der Waals surface area contributed by atoms with Gasteiger partial charge in [-0.1, -0.05) is 44.5 Å². The smallest absolute Gasteiger partial charge is 0.336 e. The lowest BCUT2D eigenvalue weighted by Gasteiger charge is -2.32. The van der Waals surface area contributed by atoms with Crippen LogP contribution in [-0.4, -0.2) is 61.9 Å². The van der Waals surface area contributed by atoms with Crippen LogP contribution in [0.25, 0.3) is 0 Å². The number of rotatable bonds is 17. The van der Waals surface area contributed by atoms with Gasteiger partial charge in [0.15, 0.2) is 6.29 Å². The van der Waals surface area contributed by atoms with Crippen LogP contribution in [0.4, 0.5) is 5.69 Å². The van der Waals surface area contributed by atoms with Gasteiger partial charge >= 0.3 is 11.9 Å². The number of carbonyl (C=O) groups excluding carboxylic acids is 2. The van der Waals surface area contributed by atoms with Crippen molar-refractivity contribution in [1.82, 2.24) is 0 Å². The van der Waals surface area contributed by atoms with E-state index in [4.69, 9.17) is 23.7 Å². The van der Waals surface area contributed by atoms with Crippen LogP contribution in [0.15, 0.2) is 64.8 Å². The molecule has 0 radical (unpaired) electrons. The summed E-state index contributed by atoms with van der Waals surface area (Å²) in [7, 11) is 0. The summed E-state index contributed by atoms with van der Waals surface area (Å²) in [6.45, 7) is 7.56. The van der Waals surface area contributed by atoms with Gasteiger partial charge in [0.25, 0.3) is 5.69 Å². The number of unbranched alkanes of at least 4 members (excludes halogenated alkanes) is 1. The third-order valence-electron chi connectivity index (χ3n) is 8.27. The maximum atomic E-state index is 13.6. The van der Waals surface area contributed by atoms with Gasteiger partial charge in [-0.15, -0.1) is 0 Å². The summed E-state index contributed by atoms with van der Waals surface area (Å²) in [6, 6.07) is 13.8. The van der Waals surface area contributed by atoms with Crippen LogP contribution in [0.2, 0.25) is 0 Å². The minimum atomic E-state index is -0.913. The lowest BCUT2D eigenvalue weighted by molar-refractivity contribution is -0.384. The number of nitrogens with zero attached hydrogens (tertiary/aromatic N) is 2. The molecule has 0 spiro atoms. The average molecular weight is 651 g/mol. The van der Waals surface area contributed by atoms with E-state index in [0.717, 1.165) is 44.3 Å². The van der Waals surface area contributed by atoms with E-state index >= 15 is 0 Å². The summed E-state index contributed by atoms with van der Waals surface area (Å²) in [5, 5.41) is 11.6. The summed E-state index contributed by atoms with van der Waals surface area (Å²) < 4.78 is 28.6. The molecule has 2 aliphatic heterocycles. The molecule has 2 aliphatic rings. The zero-order valence-corrected chi connectivity index (χ0v) is 27.6. The SMILES string of the molecule is CCCCOC(=O)C1C(CC)=NC(C)=C(C(=O)OCCCOc2ccc(CCOC3CCCCO3)cc2)C1c1cccc([N+](=O)[O-])c1. The van der Waals surface area contributed by atoms with E-state index in [1.807, 2.05) is 38.1 Å². The first-order valence-corrected chi connectivity index (χ1v) is 16.6. The maximum absolute atomic E-state index is 13.6. The Hall–Kier alpha value is -4.09. The lowest BCUT2D eigenvalue weighted by atomic mass is 9.74. The zero-order valence-electron chi connectivity index (χ0n) is 27.6. The number of benzene rings is 2. The van der Waals surface area contributed by atoms with Gasteiger partial charge in [0.2, 0.25) is 0 Å². The maximum Gasteiger partial charge on any atom is 0.336 e. The van der Waals surface area contributed by atoms with Crippen molar-refractivity contribution in [2.45, 2.75) is 84.3 Å². The Balaban J connectivity index is 1.36. The number of ether oxygens (including phenoxy) is 5. The van der Waals surface area contributed by atoms with Gasteiger partial charge in [-0.3, -0.25) is 19.9 Å². The molecule has 0 amide bonds. The van der Waals surface area contributed by atoms with E-state index in [2.05, 4.69) is 4.99 Å². The van der Waals surface area contributed by atoms with Crippen molar-refractivity contribution in [2.75, 3.05) is 33.0 Å². The number of non-ortho nitro benzene ring substituents is 1. The number of nitro groups is 1. The molecule has 0 bridgehead atoms. The molecule has 0 aliphatic carbocycles. The molecule has 47 heavy (non-hydrogen) atoms. The molecule has 11 heteroatoms. The third kappa shape index (κ3) is 10.2. The number of hydrogen-bond donors (Lipinski definition) is 0. The second-order valence-electron chi connectivity index (χ2n) is 11.7. The van der Waals surface area contributed by atoms with Crippen LogP contribution in [0.5, 0.6) is 5.75 Å². The fourth-order valence-electron chi connectivity index (χ4n) is 5.77. The molecule has 3 atom stereocenters.